The monoisotopic (exact) mass is 367 g/mol. The highest BCUT2D eigenvalue weighted by atomic mass is 16.7. The van der Waals surface area contributed by atoms with Crippen LogP contribution in [0, 0.1) is 0 Å². The van der Waals surface area contributed by atoms with E-state index in [4.69, 9.17) is 18.9 Å². The largest absolute Gasteiger partial charge is 0.454 e. The first kappa shape index (κ1) is 16.3. The van der Waals surface area contributed by atoms with Crippen molar-refractivity contribution < 1.29 is 23.7 Å². The predicted molar refractivity (Wildman–Crippen MR) is 97.3 cm³/mol. The van der Waals surface area contributed by atoms with Crippen LogP contribution in [0.2, 0.25) is 0 Å². The highest BCUT2D eigenvalue weighted by Crippen LogP contribution is 2.36. The first-order chi connectivity index (χ1) is 13.3. The molecule has 1 fully saturated rings. The predicted octanol–water partition coefficient (Wildman–Crippen LogP) is 3.73. The summed E-state index contributed by atoms with van der Waals surface area (Å²) in [5, 5.41) is 0. The summed E-state index contributed by atoms with van der Waals surface area (Å²) in [4.78, 5) is 15.3. The topological polar surface area (TPSA) is 57.2 Å². The molecule has 0 bridgehead atoms. The SMILES string of the molecule is O=C(c1ccc2c(c1)OCO2)N(Cc1ccc2c(c1)OCO2)C1CCCC1. The van der Waals surface area contributed by atoms with E-state index in [0.717, 1.165) is 42.7 Å². The fourth-order valence-corrected chi connectivity index (χ4v) is 4.01. The molecule has 6 nitrogen and oxygen atoms in total. The summed E-state index contributed by atoms with van der Waals surface area (Å²) in [5.74, 6) is 2.85. The van der Waals surface area contributed by atoms with E-state index in [9.17, 15) is 4.79 Å². The molecule has 1 saturated carbocycles. The minimum atomic E-state index is 0.0258. The summed E-state index contributed by atoms with van der Waals surface area (Å²) in [6, 6.07) is 11.6. The highest BCUT2D eigenvalue weighted by molar-refractivity contribution is 5.95. The van der Waals surface area contributed by atoms with Gasteiger partial charge < -0.3 is 23.8 Å². The van der Waals surface area contributed by atoms with Gasteiger partial charge in [0.25, 0.3) is 5.91 Å². The number of carbonyl (C=O) groups is 1. The number of benzene rings is 2. The molecule has 140 valence electrons. The number of carbonyl (C=O) groups excluding carboxylic acids is 1. The summed E-state index contributed by atoms with van der Waals surface area (Å²) in [5.41, 5.74) is 1.67. The van der Waals surface area contributed by atoms with Crippen LogP contribution in [0.5, 0.6) is 23.0 Å². The lowest BCUT2D eigenvalue weighted by molar-refractivity contribution is 0.0664. The number of nitrogens with zero attached hydrogens (tertiary/aromatic N) is 1. The number of rotatable bonds is 4. The van der Waals surface area contributed by atoms with Gasteiger partial charge in [0.2, 0.25) is 13.6 Å². The molecule has 0 spiro atoms. The third-order valence-electron chi connectivity index (χ3n) is 5.44. The lowest BCUT2D eigenvalue weighted by Crippen LogP contribution is -2.38. The smallest absolute Gasteiger partial charge is 0.254 e. The van der Waals surface area contributed by atoms with Gasteiger partial charge in [0.1, 0.15) is 0 Å². The van der Waals surface area contributed by atoms with Crippen molar-refractivity contribution >= 4 is 5.91 Å². The Morgan fingerprint density at radius 2 is 1.48 bits per heavy atom. The quantitative estimate of drug-likeness (QED) is 0.824. The second-order valence-corrected chi connectivity index (χ2v) is 7.13. The molecule has 1 aliphatic carbocycles. The number of amides is 1. The van der Waals surface area contributed by atoms with Gasteiger partial charge in [-0.3, -0.25) is 4.79 Å². The molecule has 3 aliphatic rings. The van der Waals surface area contributed by atoms with Crippen molar-refractivity contribution in [2.24, 2.45) is 0 Å². The summed E-state index contributed by atoms with van der Waals surface area (Å²) in [6.45, 7) is 1.01. The molecule has 0 unspecified atom stereocenters. The summed E-state index contributed by atoms with van der Waals surface area (Å²) >= 11 is 0. The second-order valence-electron chi connectivity index (χ2n) is 7.13. The molecule has 0 aromatic heterocycles. The number of hydrogen-bond donors (Lipinski definition) is 0. The molecule has 0 radical (unpaired) electrons. The van der Waals surface area contributed by atoms with Gasteiger partial charge in [-0.05, 0) is 48.7 Å². The Morgan fingerprint density at radius 1 is 0.852 bits per heavy atom. The zero-order valence-corrected chi connectivity index (χ0v) is 15.0. The normalized spacial score (nSPS) is 17.3. The maximum absolute atomic E-state index is 13.3. The average Bonchev–Trinajstić information content (AvgIpc) is 3.45. The number of ether oxygens (including phenoxy) is 4. The van der Waals surface area contributed by atoms with Gasteiger partial charge >= 0.3 is 0 Å². The van der Waals surface area contributed by atoms with Crippen LogP contribution >= 0.6 is 0 Å². The zero-order chi connectivity index (χ0) is 18.2. The molecule has 6 heteroatoms. The van der Waals surface area contributed by atoms with Crippen molar-refractivity contribution in [2.45, 2.75) is 38.3 Å². The maximum atomic E-state index is 13.3. The minimum absolute atomic E-state index is 0.0258. The van der Waals surface area contributed by atoms with Crippen LogP contribution in [0.3, 0.4) is 0 Å². The van der Waals surface area contributed by atoms with Crippen molar-refractivity contribution in [1.29, 1.82) is 0 Å². The van der Waals surface area contributed by atoms with Gasteiger partial charge in [-0.25, -0.2) is 0 Å². The Morgan fingerprint density at radius 3 is 2.22 bits per heavy atom. The van der Waals surface area contributed by atoms with Crippen molar-refractivity contribution in [2.75, 3.05) is 13.6 Å². The standard InChI is InChI=1S/C21H21NO5/c23-21(15-6-8-18-20(10-15)27-13-25-18)22(16-3-1-2-4-16)11-14-5-7-17-19(9-14)26-12-24-17/h5-10,16H,1-4,11-13H2. The minimum Gasteiger partial charge on any atom is -0.454 e. The third kappa shape index (κ3) is 3.05. The molecule has 0 atom stereocenters. The van der Waals surface area contributed by atoms with Crippen LogP contribution < -0.4 is 18.9 Å². The molecule has 1 amide bonds. The molecule has 0 saturated heterocycles. The zero-order valence-electron chi connectivity index (χ0n) is 15.0. The van der Waals surface area contributed by atoms with E-state index in [-0.39, 0.29) is 25.5 Å². The first-order valence-corrected chi connectivity index (χ1v) is 9.37. The molecule has 27 heavy (non-hydrogen) atoms. The number of hydrogen-bond acceptors (Lipinski definition) is 5. The molecule has 2 heterocycles. The van der Waals surface area contributed by atoms with E-state index in [2.05, 4.69) is 0 Å². The molecule has 2 aromatic rings. The van der Waals surface area contributed by atoms with Crippen LogP contribution in [-0.2, 0) is 6.54 Å². The van der Waals surface area contributed by atoms with E-state index in [1.54, 1.807) is 6.07 Å². The van der Waals surface area contributed by atoms with E-state index >= 15 is 0 Å². The highest BCUT2D eigenvalue weighted by Gasteiger charge is 2.29. The van der Waals surface area contributed by atoms with Crippen molar-refractivity contribution in [3.8, 4) is 23.0 Å². The van der Waals surface area contributed by atoms with Crippen molar-refractivity contribution in [3.05, 3.63) is 47.5 Å². The van der Waals surface area contributed by atoms with Gasteiger partial charge in [-0.2, -0.15) is 0 Å². The summed E-state index contributed by atoms with van der Waals surface area (Å²) in [7, 11) is 0. The molecule has 0 N–H and O–H groups in total. The lowest BCUT2D eigenvalue weighted by Gasteiger charge is -2.29. The van der Waals surface area contributed by atoms with Crippen LogP contribution in [-0.4, -0.2) is 30.4 Å². The first-order valence-electron chi connectivity index (χ1n) is 9.37. The Kier molecular flexibility index (Phi) is 4.03. The Balaban J connectivity index is 1.43. The lowest BCUT2D eigenvalue weighted by atomic mass is 10.1. The van der Waals surface area contributed by atoms with E-state index in [0.29, 0.717) is 23.6 Å². The fourth-order valence-electron chi connectivity index (χ4n) is 4.01. The van der Waals surface area contributed by atoms with Crippen molar-refractivity contribution in [3.63, 3.8) is 0 Å². The third-order valence-corrected chi connectivity index (χ3v) is 5.44. The van der Waals surface area contributed by atoms with Crippen LogP contribution in [0.1, 0.15) is 41.6 Å². The molecular formula is C21H21NO5. The van der Waals surface area contributed by atoms with Gasteiger partial charge in [-0.1, -0.05) is 18.9 Å². The Labute approximate surface area is 157 Å². The van der Waals surface area contributed by atoms with E-state index in [1.807, 2.05) is 35.2 Å². The Bertz CT molecular complexity index is 875. The van der Waals surface area contributed by atoms with Gasteiger partial charge in [0.05, 0.1) is 0 Å². The molecular weight excluding hydrogens is 346 g/mol. The summed E-state index contributed by atoms with van der Waals surface area (Å²) in [6.07, 6.45) is 4.41. The number of fused-ring (bicyclic) bond motifs is 2. The fraction of sp³-hybridized carbons (Fsp3) is 0.381. The molecule has 2 aromatic carbocycles. The van der Waals surface area contributed by atoms with Gasteiger partial charge in [0, 0.05) is 18.2 Å². The van der Waals surface area contributed by atoms with Gasteiger partial charge in [-0.15, -0.1) is 0 Å². The van der Waals surface area contributed by atoms with Crippen LogP contribution in [0.4, 0.5) is 0 Å². The molecule has 5 rings (SSSR count). The average molecular weight is 367 g/mol. The molecule has 2 aliphatic heterocycles. The van der Waals surface area contributed by atoms with E-state index in [1.165, 1.54) is 0 Å². The van der Waals surface area contributed by atoms with E-state index < -0.39 is 0 Å². The van der Waals surface area contributed by atoms with Crippen LogP contribution in [0.15, 0.2) is 36.4 Å². The van der Waals surface area contributed by atoms with Crippen LogP contribution in [0.25, 0.3) is 0 Å². The maximum Gasteiger partial charge on any atom is 0.254 e. The summed E-state index contributed by atoms with van der Waals surface area (Å²) < 4.78 is 21.7. The van der Waals surface area contributed by atoms with Crippen molar-refractivity contribution in [1.82, 2.24) is 4.90 Å². The van der Waals surface area contributed by atoms with Gasteiger partial charge in [0.15, 0.2) is 23.0 Å². The Hall–Kier alpha value is -2.89. The second kappa shape index (κ2) is 6.68.